The van der Waals surface area contributed by atoms with Crippen LogP contribution in [0.1, 0.15) is 22.1 Å². The summed E-state index contributed by atoms with van der Waals surface area (Å²) in [5, 5.41) is 2.30. The Labute approximate surface area is 180 Å². The lowest BCUT2D eigenvalue weighted by Crippen LogP contribution is -2.26. The first-order chi connectivity index (χ1) is 15.0. The van der Waals surface area contributed by atoms with Gasteiger partial charge >= 0.3 is 5.97 Å². The molecule has 0 saturated carbocycles. The number of ether oxygens (including phenoxy) is 2. The predicted octanol–water partition coefficient (Wildman–Crippen LogP) is 3.88. The fourth-order valence-corrected chi connectivity index (χ4v) is 4.24. The molecule has 7 nitrogen and oxygen atoms in total. The van der Waals surface area contributed by atoms with E-state index >= 15 is 0 Å². The molecule has 0 aliphatic rings. The number of furan rings is 1. The summed E-state index contributed by atoms with van der Waals surface area (Å²) in [6, 6.07) is 9.10. The number of methoxy groups -OCH3 is 2. The van der Waals surface area contributed by atoms with Crippen molar-refractivity contribution < 1.29 is 23.1 Å². The van der Waals surface area contributed by atoms with Crippen LogP contribution >= 0.6 is 11.3 Å². The first kappa shape index (κ1) is 21.0. The van der Waals surface area contributed by atoms with E-state index in [1.807, 2.05) is 5.38 Å². The van der Waals surface area contributed by atoms with E-state index in [-0.39, 0.29) is 23.7 Å². The van der Waals surface area contributed by atoms with Crippen LogP contribution in [0.4, 0.5) is 4.39 Å². The molecule has 0 spiro atoms. The van der Waals surface area contributed by atoms with Gasteiger partial charge in [0.2, 0.25) is 5.76 Å². The van der Waals surface area contributed by atoms with Gasteiger partial charge in [-0.15, -0.1) is 11.3 Å². The van der Waals surface area contributed by atoms with E-state index < -0.39 is 5.97 Å². The summed E-state index contributed by atoms with van der Waals surface area (Å²) in [7, 11) is 2.84. The average molecular weight is 442 g/mol. The van der Waals surface area contributed by atoms with Gasteiger partial charge in [-0.2, -0.15) is 0 Å². The van der Waals surface area contributed by atoms with Gasteiger partial charge in [0.25, 0.3) is 5.56 Å². The highest BCUT2D eigenvalue weighted by molar-refractivity contribution is 7.17. The van der Waals surface area contributed by atoms with Crippen molar-refractivity contribution in [3.8, 4) is 11.1 Å². The number of rotatable bonds is 7. The van der Waals surface area contributed by atoms with Gasteiger partial charge in [0.1, 0.15) is 22.2 Å². The fourth-order valence-electron chi connectivity index (χ4n) is 3.28. The molecular formula is C22H19FN2O5S. The maximum absolute atomic E-state index is 13.5. The van der Waals surface area contributed by atoms with Gasteiger partial charge in [0, 0.05) is 24.5 Å². The van der Waals surface area contributed by atoms with Crippen LogP contribution in [0.3, 0.4) is 0 Å². The summed E-state index contributed by atoms with van der Waals surface area (Å²) in [4.78, 5) is 30.5. The standard InChI is InChI=1S/C22H19FN2O5S/c1-28-10-9-18-24-20-19(16(12-31-20)13-3-5-14(23)6-4-13)21(26)25(18)11-15-7-8-17(30-15)22(27)29-2/h3-8,12H,9-11H2,1-2H3. The smallest absolute Gasteiger partial charge is 0.373 e. The Bertz CT molecular complexity index is 1290. The van der Waals surface area contributed by atoms with E-state index in [1.165, 1.54) is 41.2 Å². The lowest BCUT2D eigenvalue weighted by molar-refractivity contribution is 0.0563. The van der Waals surface area contributed by atoms with Gasteiger partial charge in [-0.05, 0) is 29.8 Å². The Balaban J connectivity index is 1.83. The van der Waals surface area contributed by atoms with Gasteiger partial charge in [0.05, 0.1) is 25.6 Å². The van der Waals surface area contributed by atoms with Crippen LogP contribution in [0.2, 0.25) is 0 Å². The molecule has 1 aromatic carbocycles. The van der Waals surface area contributed by atoms with Crippen molar-refractivity contribution in [1.29, 1.82) is 0 Å². The largest absolute Gasteiger partial charge is 0.463 e. The maximum atomic E-state index is 13.5. The molecule has 0 aliphatic carbocycles. The number of hydrogen-bond acceptors (Lipinski definition) is 7. The number of fused-ring (bicyclic) bond motifs is 1. The quantitative estimate of drug-likeness (QED) is 0.404. The first-order valence-electron chi connectivity index (χ1n) is 9.44. The lowest BCUT2D eigenvalue weighted by Gasteiger charge is -2.12. The van der Waals surface area contributed by atoms with Crippen molar-refractivity contribution in [2.24, 2.45) is 0 Å². The zero-order valence-electron chi connectivity index (χ0n) is 16.9. The number of carbonyl (C=O) groups is 1. The predicted molar refractivity (Wildman–Crippen MR) is 114 cm³/mol. The summed E-state index contributed by atoms with van der Waals surface area (Å²) in [6.07, 6.45) is 0.427. The Morgan fingerprint density at radius 3 is 2.68 bits per heavy atom. The third-order valence-electron chi connectivity index (χ3n) is 4.82. The zero-order valence-corrected chi connectivity index (χ0v) is 17.7. The minimum absolute atomic E-state index is 0.0561. The van der Waals surface area contributed by atoms with Crippen molar-refractivity contribution in [2.45, 2.75) is 13.0 Å². The van der Waals surface area contributed by atoms with Crippen LogP contribution in [0.25, 0.3) is 21.3 Å². The fraction of sp³-hybridized carbons (Fsp3) is 0.227. The monoisotopic (exact) mass is 442 g/mol. The summed E-state index contributed by atoms with van der Waals surface area (Å²) in [5.74, 6) is 0.0763. The maximum Gasteiger partial charge on any atom is 0.373 e. The molecule has 3 aromatic heterocycles. The highest BCUT2D eigenvalue weighted by atomic mass is 32.1. The number of halogens is 1. The summed E-state index contributed by atoms with van der Waals surface area (Å²) >= 11 is 1.36. The van der Waals surface area contributed by atoms with Gasteiger partial charge in [-0.25, -0.2) is 14.2 Å². The van der Waals surface area contributed by atoms with Gasteiger partial charge in [-0.1, -0.05) is 12.1 Å². The average Bonchev–Trinajstić information content (AvgIpc) is 3.42. The molecule has 3 heterocycles. The van der Waals surface area contributed by atoms with Gasteiger partial charge < -0.3 is 13.9 Å². The molecule has 0 N–H and O–H groups in total. The molecule has 0 fully saturated rings. The summed E-state index contributed by atoms with van der Waals surface area (Å²) in [5.41, 5.74) is 1.18. The van der Waals surface area contributed by atoms with E-state index in [1.54, 1.807) is 25.3 Å². The second-order valence-electron chi connectivity index (χ2n) is 6.76. The minimum Gasteiger partial charge on any atom is -0.463 e. The van der Waals surface area contributed by atoms with E-state index in [4.69, 9.17) is 9.15 Å². The number of aromatic nitrogens is 2. The highest BCUT2D eigenvalue weighted by Crippen LogP contribution is 2.31. The summed E-state index contributed by atoms with van der Waals surface area (Å²) < 4.78 is 30.2. The third kappa shape index (κ3) is 4.14. The Morgan fingerprint density at radius 1 is 1.19 bits per heavy atom. The number of thiophene rings is 1. The molecule has 9 heteroatoms. The number of benzene rings is 1. The van der Waals surface area contributed by atoms with Crippen molar-refractivity contribution >= 4 is 27.5 Å². The van der Waals surface area contributed by atoms with Crippen LogP contribution < -0.4 is 5.56 Å². The Kier molecular flexibility index (Phi) is 5.97. The number of esters is 1. The SMILES string of the molecule is COCCc1nc2scc(-c3ccc(F)cc3)c2c(=O)n1Cc1ccc(C(=O)OC)o1. The Hall–Kier alpha value is -3.30. The van der Waals surface area contributed by atoms with Crippen LogP contribution in [0.5, 0.6) is 0 Å². The molecule has 0 amide bonds. The number of carbonyl (C=O) groups excluding carboxylic acids is 1. The highest BCUT2D eigenvalue weighted by Gasteiger charge is 2.19. The van der Waals surface area contributed by atoms with Crippen molar-refractivity contribution in [2.75, 3.05) is 20.8 Å². The van der Waals surface area contributed by atoms with E-state index in [0.717, 1.165) is 5.56 Å². The van der Waals surface area contributed by atoms with E-state index in [2.05, 4.69) is 9.72 Å². The van der Waals surface area contributed by atoms with Crippen molar-refractivity contribution in [1.82, 2.24) is 9.55 Å². The van der Waals surface area contributed by atoms with Crippen molar-refractivity contribution in [3.63, 3.8) is 0 Å². The molecular weight excluding hydrogens is 423 g/mol. The second-order valence-corrected chi connectivity index (χ2v) is 7.61. The zero-order chi connectivity index (χ0) is 22.0. The first-order valence-corrected chi connectivity index (χ1v) is 10.3. The summed E-state index contributed by atoms with van der Waals surface area (Å²) in [6.45, 7) is 0.482. The second kappa shape index (κ2) is 8.83. The molecule has 0 saturated heterocycles. The molecule has 0 aliphatic heterocycles. The molecule has 0 radical (unpaired) electrons. The van der Waals surface area contributed by atoms with Crippen LogP contribution in [-0.4, -0.2) is 36.3 Å². The normalized spacial score (nSPS) is 11.2. The molecule has 4 rings (SSSR count). The minimum atomic E-state index is -0.594. The van der Waals surface area contributed by atoms with Crippen LogP contribution in [0.15, 0.2) is 51.0 Å². The molecule has 4 aromatic rings. The number of hydrogen-bond donors (Lipinski definition) is 0. The number of nitrogens with zero attached hydrogens (tertiary/aromatic N) is 2. The van der Waals surface area contributed by atoms with Gasteiger partial charge in [0.15, 0.2) is 0 Å². The molecule has 0 bridgehead atoms. The lowest BCUT2D eigenvalue weighted by atomic mass is 10.1. The molecule has 0 atom stereocenters. The topological polar surface area (TPSA) is 83.6 Å². The van der Waals surface area contributed by atoms with Gasteiger partial charge in [-0.3, -0.25) is 9.36 Å². The molecule has 31 heavy (non-hydrogen) atoms. The third-order valence-corrected chi connectivity index (χ3v) is 5.69. The Morgan fingerprint density at radius 2 is 1.97 bits per heavy atom. The molecule has 160 valence electrons. The van der Waals surface area contributed by atoms with Crippen LogP contribution in [-0.2, 0) is 22.4 Å². The van der Waals surface area contributed by atoms with Crippen LogP contribution in [0, 0.1) is 5.82 Å². The van der Waals surface area contributed by atoms with Crippen molar-refractivity contribution in [3.05, 3.63) is 75.3 Å². The molecule has 0 unspecified atom stereocenters. The van der Waals surface area contributed by atoms with E-state index in [9.17, 15) is 14.0 Å². The van der Waals surface area contributed by atoms with E-state index in [0.29, 0.717) is 40.4 Å².